The van der Waals surface area contributed by atoms with Crippen molar-refractivity contribution in [3.05, 3.63) is 23.6 Å². The summed E-state index contributed by atoms with van der Waals surface area (Å²) in [5.74, 6) is 1.08. The Morgan fingerprint density at radius 3 is 2.67 bits per heavy atom. The van der Waals surface area contributed by atoms with Gasteiger partial charge in [-0.3, -0.25) is 0 Å². The first-order valence-electron chi connectivity index (χ1n) is 7.18. The number of hydrogen-bond donors (Lipinski definition) is 1. The first-order chi connectivity index (χ1) is 9.87. The van der Waals surface area contributed by atoms with E-state index in [9.17, 15) is 12.8 Å². The van der Waals surface area contributed by atoms with E-state index in [1.807, 2.05) is 4.90 Å². The van der Waals surface area contributed by atoms with Gasteiger partial charge in [0, 0.05) is 25.2 Å². The summed E-state index contributed by atoms with van der Waals surface area (Å²) in [5.41, 5.74) is 0.773. The average molecular weight is 315 g/mol. The van der Waals surface area contributed by atoms with Crippen LogP contribution >= 0.6 is 0 Å². The van der Waals surface area contributed by atoms with E-state index in [1.54, 1.807) is 0 Å². The minimum atomic E-state index is -2.93. The molecule has 1 aliphatic heterocycles. The van der Waals surface area contributed by atoms with Crippen molar-refractivity contribution in [2.24, 2.45) is 5.92 Å². The van der Waals surface area contributed by atoms with Gasteiger partial charge < -0.3 is 10.2 Å². The molecule has 2 heterocycles. The molecule has 1 fully saturated rings. The molecule has 0 spiro atoms. The largest absolute Gasteiger partial charge is 0.354 e. The van der Waals surface area contributed by atoms with Crippen LogP contribution in [0.1, 0.15) is 19.4 Å². The van der Waals surface area contributed by atoms with Gasteiger partial charge in [-0.25, -0.2) is 17.8 Å². The SMILES string of the molecule is CC(C)CNCc1cc(F)cnc1N1CCS(=O)(=O)CC1. The van der Waals surface area contributed by atoms with Gasteiger partial charge in [0.25, 0.3) is 0 Å². The number of sulfone groups is 1. The van der Waals surface area contributed by atoms with Crippen LogP contribution in [0.2, 0.25) is 0 Å². The topological polar surface area (TPSA) is 62.3 Å². The molecule has 1 aliphatic rings. The summed E-state index contributed by atoms with van der Waals surface area (Å²) < 4.78 is 36.4. The van der Waals surface area contributed by atoms with Crippen molar-refractivity contribution in [1.82, 2.24) is 10.3 Å². The Morgan fingerprint density at radius 2 is 2.05 bits per heavy atom. The van der Waals surface area contributed by atoms with E-state index in [0.29, 0.717) is 31.4 Å². The van der Waals surface area contributed by atoms with E-state index in [2.05, 4.69) is 24.1 Å². The van der Waals surface area contributed by atoms with Gasteiger partial charge in [0.2, 0.25) is 0 Å². The molecule has 5 nitrogen and oxygen atoms in total. The Bertz CT molecular complexity index is 576. The lowest BCUT2D eigenvalue weighted by Crippen LogP contribution is -2.41. The number of rotatable bonds is 5. The molecule has 1 aromatic rings. The van der Waals surface area contributed by atoms with Gasteiger partial charge in [-0.05, 0) is 18.5 Å². The zero-order valence-electron chi connectivity index (χ0n) is 12.5. The van der Waals surface area contributed by atoms with Crippen molar-refractivity contribution < 1.29 is 12.8 Å². The molecule has 2 rings (SSSR count). The normalized spacial score (nSPS) is 18.2. The van der Waals surface area contributed by atoms with Crippen molar-refractivity contribution in [2.45, 2.75) is 20.4 Å². The highest BCUT2D eigenvalue weighted by atomic mass is 32.2. The van der Waals surface area contributed by atoms with Gasteiger partial charge in [-0.1, -0.05) is 13.8 Å². The lowest BCUT2D eigenvalue weighted by atomic mass is 10.2. The fourth-order valence-electron chi connectivity index (χ4n) is 2.31. The van der Waals surface area contributed by atoms with Gasteiger partial charge in [-0.2, -0.15) is 0 Å². The Balaban J connectivity index is 2.11. The first-order valence-corrected chi connectivity index (χ1v) is 9.00. The maximum absolute atomic E-state index is 13.4. The van der Waals surface area contributed by atoms with E-state index in [0.717, 1.165) is 12.1 Å². The molecule has 0 saturated carbocycles. The summed E-state index contributed by atoms with van der Waals surface area (Å²) in [6, 6.07) is 1.47. The molecule has 7 heteroatoms. The van der Waals surface area contributed by atoms with Crippen molar-refractivity contribution in [3.8, 4) is 0 Å². The predicted octanol–water partition coefficient (Wildman–Crippen LogP) is 1.20. The molecule has 118 valence electrons. The number of nitrogens with zero attached hydrogens (tertiary/aromatic N) is 2. The van der Waals surface area contributed by atoms with Crippen LogP contribution < -0.4 is 10.2 Å². The molecule has 0 atom stereocenters. The number of halogens is 1. The van der Waals surface area contributed by atoms with Crippen LogP contribution in [0.25, 0.3) is 0 Å². The second kappa shape index (κ2) is 6.70. The fourth-order valence-corrected chi connectivity index (χ4v) is 3.51. The number of anilines is 1. The lowest BCUT2D eigenvalue weighted by molar-refractivity contribution is 0.547. The third kappa shape index (κ3) is 4.64. The Morgan fingerprint density at radius 1 is 1.38 bits per heavy atom. The summed E-state index contributed by atoms with van der Waals surface area (Å²) in [5, 5.41) is 3.27. The average Bonchev–Trinajstić information content (AvgIpc) is 2.39. The molecule has 0 unspecified atom stereocenters. The minimum absolute atomic E-state index is 0.130. The number of nitrogens with one attached hydrogen (secondary N) is 1. The van der Waals surface area contributed by atoms with E-state index < -0.39 is 9.84 Å². The van der Waals surface area contributed by atoms with Crippen LogP contribution in [0.15, 0.2) is 12.3 Å². The van der Waals surface area contributed by atoms with Crippen LogP contribution in [-0.4, -0.2) is 44.5 Å². The van der Waals surface area contributed by atoms with Crippen LogP contribution in [-0.2, 0) is 16.4 Å². The maximum Gasteiger partial charge on any atom is 0.153 e. The van der Waals surface area contributed by atoms with Gasteiger partial charge >= 0.3 is 0 Å². The molecule has 1 aromatic heterocycles. The second-order valence-electron chi connectivity index (χ2n) is 5.80. The molecule has 0 amide bonds. The van der Waals surface area contributed by atoms with Crippen molar-refractivity contribution in [2.75, 3.05) is 36.0 Å². The molecule has 1 saturated heterocycles. The van der Waals surface area contributed by atoms with E-state index in [4.69, 9.17) is 0 Å². The molecule has 1 N–H and O–H groups in total. The summed E-state index contributed by atoms with van der Waals surface area (Å²) in [6.07, 6.45) is 1.18. The highest BCUT2D eigenvalue weighted by Crippen LogP contribution is 2.20. The molecular formula is C14H22FN3O2S. The number of aromatic nitrogens is 1. The Hall–Kier alpha value is -1.21. The molecule has 0 radical (unpaired) electrons. The van der Waals surface area contributed by atoms with Crippen LogP contribution in [0.4, 0.5) is 10.2 Å². The standard InChI is InChI=1S/C14H22FN3O2S/c1-11(2)8-16-9-12-7-13(15)10-17-14(12)18-3-5-21(19,20)6-4-18/h7,10-11,16H,3-6,8-9H2,1-2H3. The van der Waals surface area contributed by atoms with Gasteiger partial charge in [-0.15, -0.1) is 0 Å². The molecule has 0 aromatic carbocycles. The minimum Gasteiger partial charge on any atom is -0.354 e. The van der Waals surface area contributed by atoms with E-state index in [-0.39, 0.29) is 17.3 Å². The summed E-state index contributed by atoms with van der Waals surface area (Å²) in [6.45, 7) is 6.41. The third-order valence-electron chi connectivity index (χ3n) is 3.42. The number of pyridine rings is 1. The summed E-state index contributed by atoms with van der Waals surface area (Å²) >= 11 is 0. The van der Waals surface area contributed by atoms with Gasteiger partial charge in [0.1, 0.15) is 11.6 Å². The second-order valence-corrected chi connectivity index (χ2v) is 8.10. The Labute approximate surface area is 125 Å². The summed E-state index contributed by atoms with van der Waals surface area (Å²) in [4.78, 5) is 6.09. The van der Waals surface area contributed by atoms with Crippen LogP contribution in [0, 0.1) is 11.7 Å². The summed E-state index contributed by atoms with van der Waals surface area (Å²) in [7, 11) is -2.93. The monoisotopic (exact) mass is 315 g/mol. The fraction of sp³-hybridized carbons (Fsp3) is 0.643. The highest BCUT2D eigenvalue weighted by Gasteiger charge is 2.24. The maximum atomic E-state index is 13.4. The van der Waals surface area contributed by atoms with Crippen LogP contribution in [0.3, 0.4) is 0 Å². The zero-order chi connectivity index (χ0) is 15.5. The Kier molecular flexibility index (Phi) is 5.16. The predicted molar refractivity (Wildman–Crippen MR) is 81.6 cm³/mol. The van der Waals surface area contributed by atoms with E-state index >= 15 is 0 Å². The van der Waals surface area contributed by atoms with Gasteiger partial charge in [0.05, 0.1) is 17.7 Å². The third-order valence-corrected chi connectivity index (χ3v) is 5.03. The molecule has 0 aliphatic carbocycles. The van der Waals surface area contributed by atoms with Crippen molar-refractivity contribution in [1.29, 1.82) is 0 Å². The van der Waals surface area contributed by atoms with Gasteiger partial charge in [0.15, 0.2) is 9.84 Å². The van der Waals surface area contributed by atoms with Crippen LogP contribution in [0.5, 0.6) is 0 Å². The zero-order valence-corrected chi connectivity index (χ0v) is 13.3. The molecular weight excluding hydrogens is 293 g/mol. The highest BCUT2D eigenvalue weighted by molar-refractivity contribution is 7.91. The molecule has 0 bridgehead atoms. The van der Waals surface area contributed by atoms with E-state index in [1.165, 1.54) is 12.3 Å². The van der Waals surface area contributed by atoms with Crippen molar-refractivity contribution in [3.63, 3.8) is 0 Å². The quantitative estimate of drug-likeness (QED) is 0.885. The first kappa shape index (κ1) is 16.2. The number of hydrogen-bond acceptors (Lipinski definition) is 5. The van der Waals surface area contributed by atoms with Crippen molar-refractivity contribution >= 4 is 15.7 Å². The molecule has 21 heavy (non-hydrogen) atoms. The lowest BCUT2D eigenvalue weighted by Gasteiger charge is -2.29. The smallest absolute Gasteiger partial charge is 0.153 e.